The number of aromatic nitrogens is 10. The molecule has 9 N–H and O–H groups in total. The zero-order valence-electron chi connectivity index (χ0n) is 47.7. The van der Waals surface area contributed by atoms with Crippen LogP contribution in [0.4, 0.5) is 17.3 Å². The molecule has 6 aromatic heterocycles. The number of aromatic amines is 1. The molecule has 0 saturated heterocycles. The number of nitrogens with two attached hydrogens (primary N) is 3. The highest BCUT2D eigenvalue weighted by molar-refractivity contribution is 6.07. The van der Waals surface area contributed by atoms with E-state index in [1.807, 2.05) is 103 Å². The Labute approximate surface area is 483 Å². The van der Waals surface area contributed by atoms with E-state index in [4.69, 9.17) is 36.1 Å². The van der Waals surface area contributed by atoms with Gasteiger partial charge in [0.25, 0.3) is 11.8 Å². The first-order chi connectivity index (χ1) is 40.1. The van der Waals surface area contributed by atoms with Gasteiger partial charge in [0.15, 0.2) is 0 Å². The van der Waals surface area contributed by atoms with Gasteiger partial charge in [0.1, 0.15) is 71.6 Å². The molecule has 10 aromatic rings. The third-order valence-electron chi connectivity index (χ3n) is 12.5. The number of carbonyl (C=O) groups is 2. The van der Waals surface area contributed by atoms with Crippen LogP contribution in [0.5, 0.6) is 17.2 Å². The fourth-order valence-electron chi connectivity index (χ4n) is 7.90. The second kappa shape index (κ2) is 30.3. The van der Waals surface area contributed by atoms with Gasteiger partial charge in [-0.3, -0.25) is 9.59 Å². The molecule has 6 heterocycles. The van der Waals surface area contributed by atoms with Crippen LogP contribution in [-0.2, 0) is 23.4 Å². The minimum Gasteiger partial charge on any atom is -0.491 e. The van der Waals surface area contributed by atoms with Gasteiger partial charge >= 0.3 is 0 Å². The number of fused-ring (bicyclic) bond motifs is 2. The van der Waals surface area contributed by atoms with Crippen LogP contribution in [0.3, 0.4) is 0 Å². The van der Waals surface area contributed by atoms with E-state index >= 15 is 0 Å². The molecular weight excluding hydrogens is 1050 g/mol. The normalized spacial score (nSPS) is 11.0. The number of hydrogen-bond donors (Lipinski definition) is 6. The van der Waals surface area contributed by atoms with Crippen LogP contribution >= 0.6 is 0 Å². The highest BCUT2D eigenvalue weighted by atomic mass is 16.5. The molecule has 0 bridgehead atoms. The summed E-state index contributed by atoms with van der Waals surface area (Å²) < 4.78 is 28.1. The predicted molar refractivity (Wildman–Crippen MR) is 323 cm³/mol. The first-order valence-corrected chi connectivity index (χ1v) is 27.1. The third kappa shape index (κ3) is 19.3. The van der Waals surface area contributed by atoms with Crippen LogP contribution in [-0.4, -0.2) is 99.8 Å². The Bertz CT molecular complexity index is 3420. The van der Waals surface area contributed by atoms with Gasteiger partial charge in [-0.2, -0.15) is 0 Å². The van der Waals surface area contributed by atoms with Crippen LogP contribution in [0, 0.1) is 13.8 Å². The van der Waals surface area contributed by atoms with Gasteiger partial charge in [-0.05, 0) is 90.8 Å². The molecule has 10 rings (SSSR count). The van der Waals surface area contributed by atoms with Crippen LogP contribution in [0.2, 0.25) is 0 Å². The Morgan fingerprint density at radius 3 is 1.70 bits per heavy atom. The highest BCUT2D eigenvalue weighted by Gasteiger charge is 2.26. The molecule has 432 valence electrons. The molecule has 0 fully saturated rings. The summed E-state index contributed by atoms with van der Waals surface area (Å²) in [6.07, 6.45) is 12.3. The number of hydrogen-bond acceptors (Lipinski definition) is 16. The minimum absolute atomic E-state index is 0.0257. The van der Waals surface area contributed by atoms with Crippen molar-refractivity contribution in [2.45, 2.75) is 78.7 Å². The number of para-hydroxylation sites is 3. The van der Waals surface area contributed by atoms with Crippen LogP contribution in [0.1, 0.15) is 78.6 Å². The molecule has 0 aliphatic heterocycles. The number of nitrogens with one attached hydrogen (secondary N) is 3. The molecule has 4 aromatic carbocycles. The molecule has 0 atom stereocenters. The second-order valence-electron chi connectivity index (χ2n) is 20.2. The van der Waals surface area contributed by atoms with E-state index in [9.17, 15) is 9.59 Å². The molecule has 83 heavy (non-hydrogen) atoms. The molecule has 21 heteroatoms. The maximum atomic E-state index is 13.9. The van der Waals surface area contributed by atoms with Crippen molar-refractivity contribution in [1.82, 2.24) is 49.5 Å². The quantitative estimate of drug-likeness (QED) is 0.0365. The van der Waals surface area contributed by atoms with Gasteiger partial charge in [-0.15, -0.1) is 5.10 Å². The number of carbonyl (C=O) groups excluding carboxylic acids is 2. The monoisotopic (exact) mass is 1120 g/mol. The number of aryl methyl sites for hydroxylation is 3. The van der Waals surface area contributed by atoms with Gasteiger partial charge < -0.3 is 56.3 Å². The summed E-state index contributed by atoms with van der Waals surface area (Å²) in [4.78, 5) is 52.4. The SMILES string of the molecule is CC(C)(CCn1ccnc1)OCCC(C)(C)n1cc(COc2cc(C(=O)Nc3cc(OCCN)c4ccccc4n3)nc(C(=O)Nc3cc(OCCN)c4ccccc4n3)c2)nn1.Cc1ccccc1.Cc1ncc[nH]1.Nc1ccccc1. The summed E-state index contributed by atoms with van der Waals surface area (Å²) in [6.45, 7) is 14.7. The number of anilines is 3. The van der Waals surface area contributed by atoms with E-state index in [2.05, 4.69) is 97.6 Å². The van der Waals surface area contributed by atoms with Crippen molar-refractivity contribution in [3.8, 4) is 17.2 Å². The zero-order valence-corrected chi connectivity index (χ0v) is 47.7. The van der Waals surface area contributed by atoms with E-state index in [1.165, 1.54) is 17.7 Å². The van der Waals surface area contributed by atoms with Crippen molar-refractivity contribution in [2.75, 3.05) is 49.3 Å². The standard InChI is InChI=1S/C45H52N12O6.C7H8.C6H7N.C4H6N2/c1-44(2,14-20-63-45(3,4)13-18-56-19-17-48-29-56)57-27-30(54-55-57)28-62-31-23-36(42(58)52-40-25-38(60-21-15-46)32-9-5-7-11-34(32)50-40)49-37(24-31)43(59)53-41-26-39(61-22-16-47)33-10-6-8-12-35(33)51-41;1-7-5-3-2-4-6-7;7-6-4-2-1-3-5-6;1-4-5-2-3-6-4/h5-12,17,19,23-27,29H,13-16,18,20-22,28,46-47H2,1-4H3,(H,50,52,58)(H,51,53,59);2-6H,1H3;1-5H,7H2;2-3H,1H3,(H,5,6). The average molecular weight is 1120 g/mol. The lowest BCUT2D eigenvalue weighted by molar-refractivity contribution is -0.0365. The lowest BCUT2D eigenvalue weighted by atomic mass is 10.0. The third-order valence-corrected chi connectivity index (χ3v) is 12.5. The summed E-state index contributed by atoms with van der Waals surface area (Å²) in [6, 6.07) is 40.6. The fraction of sp³-hybridized carbons (Fsp3) is 0.274. The largest absolute Gasteiger partial charge is 0.491 e. The maximum Gasteiger partial charge on any atom is 0.275 e. The Morgan fingerprint density at radius 2 is 1.23 bits per heavy atom. The highest BCUT2D eigenvalue weighted by Crippen LogP contribution is 2.30. The van der Waals surface area contributed by atoms with Gasteiger partial charge in [-0.1, -0.05) is 83.6 Å². The van der Waals surface area contributed by atoms with Crippen molar-refractivity contribution < 1.29 is 28.5 Å². The number of amides is 2. The molecule has 0 saturated carbocycles. The molecule has 21 nitrogen and oxygen atoms in total. The number of nitrogen functional groups attached to an aromatic ring is 1. The number of ether oxygens (including phenoxy) is 4. The minimum atomic E-state index is -0.650. The summed E-state index contributed by atoms with van der Waals surface area (Å²) in [7, 11) is 0. The van der Waals surface area contributed by atoms with E-state index in [0.717, 1.165) is 35.2 Å². The zero-order chi connectivity index (χ0) is 59.0. The summed E-state index contributed by atoms with van der Waals surface area (Å²) in [5, 5.41) is 15.9. The van der Waals surface area contributed by atoms with Crippen LogP contribution in [0.15, 0.2) is 171 Å². The topological polar surface area (TPSA) is 289 Å². The molecule has 0 spiro atoms. The summed E-state index contributed by atoms with van der Waals surface area (Å²) in [5.41, 5.74) is 19.6. The first kappa shape index (κ1) is 61.1. The number of nitrogens with zero attached hydrogens (tertiary/aromatic N) is 9. The Balaban J connectivity index is 0.000000413. The number of rotatable bonds is 21. The van der Waals surface area contributed by atoms with Crippen molar-refractivity contribution >= 4 is 50.9 Å². The average Bonchev–Trinajstić information content (AvgIpc) is 4.43. The lowest BCUT2D eigenvalue weighted by Crippen LogP contribution is -2.32. The Kier molecular flexibility index (Phi) is 22.3. The van der Waals surface area contributed by atoms with Crippen LogP contribution < -0.4 is 42.0 Å². The lowest BCUT2D eigenvalue weighted by Gasteiger charge is -2.29. The number of benzene rings is 4. The van der Waals surface area contributed by atoms with Gasteiger partial charge in [0.2, 0.25) is 0 Å². The molecule has 0 aliphatic rings. The van der Waals surface area contributed by atoms with E-state index in [0.29, 0.717) is 54.3 Å². The molecular formula is C62H73N15O6. The Morgan fingerprint density at radius 1 is 0.663 bits per heavy atom. The number of H-pyrrole nitrogens is 1. The Hall–Kier alpha value is -9.57. The van der Waals surface area contributed by atoms with Gasteiger partial charge in [0.05, 0.1) is 34.7 Å². The number of pyridine rings is 3. The summed E-state index contributed by atoms with van der Waals surface area (Å²) >= 11 is 0. The van der Waals surface area contributed by atoms with E-state index in [-0.39, 0.29) is 54.2 Å². The number of imidazole rings is 2. The molecule has 0 aliphatic carbocycles. The smallest absolute Gasteiger partial charge is 0.275 e. The van der Waals surface area contributed by atoms with Crippen molar-refractivity contribution in [3.05, 3.63) is 199 Å². The molecule has 0 unspecified atom stereocenters. The van der Waals surface area contributed by atoms with E-state index < -0.39 is 17.4 Å². The van der Waals surface area contributed by atoms with Crippen molar-refractivity contribution in [3.63, 3.8) is 0 Å². The fourth-order valence-corrected chi connectivity index (χ4v) is 7.90. The van der Waals surface area contributed by atoms with E-state index in [1.54, 1.807) is 60.1 Å². The predicted octanol–water partition coefficient (Wildman–Crippen LogP) is 9.72. The summed E-state index contributed by atoms with van der Waals surface area (Å²) in [5.74, 6) is 1.26. The molecule has 2 amide bonds. The van der Waals surface area contributed by atoms with Gasteiger partial charge in [0, 0.05) is 91.8 Å². The van der Waals surface area contributed by atoms with Crippen LogP contribution in [0.25, 0.3) is 21.8 Å². The van der Waals surface area contributed by atoms with Crippen molar-refractivity contribution in [1.29, 1.82) is 0 Å². The molecule has 0 radical (unpaired) electrons. The maximum absolute atomic E-state index is 13.9. The van der Waals surface area contributed by atoms with Crippen molar-refractivity contribution in [2.24, 2.45) is 11.5 Å². The van der Waals surface area contributed by atoms with Gasteiger partial charge in [-0.25, -0.2) is 29.6 Å². The second-order valence-corrected chi connectivity index (χ2v) is 20.2. The first-order valence-electron chi connectivity index (χ1n) is 27.1.